The van der Waals surface area contributed by atoms with Gasteiger partial charge in [0.1, 0.15) is 5.75 Å². The van der Waals surface area contributed by atoms with Crippen molar-refractivity contribution in [2.45, 2.75) is 11.4 Å². The second-order valence-electron chi connectivity index (χ2n) is 4.97. The van der Waals surface area contributed by atoms with Crippen LogP contribution in [0.2, 0.25) is 0 Å². The van der Waals surface area contributed by atoms with Crippen molar-refractivity contribution in [1.82, 2.24) is 4.31 Å². The van der Waals surface area contributed by atoms with Crippen molar-refractivity contribution in [2.75, 3.05) is 14.2 Å². The van der Waals surface area contributed by atoms with Gasteiger partial charge in [0.15, 0.2) is 0 Å². The smallest absolute Gasteiger partial charge is 0.248 e. The fourth-order valence-corrected chi connectivity index (χ4v) is 3.32. The summed E-state index contributed by atoms with van der Waals surface area (Å²) in [6, 6.07) is 12.8. The van der Waals surface area contributed by atoms with E-state index >= 15 is 0 Å². The van der Waals surface area contributed by atoms with Crippen molar-refractivity contribution in [1.29, 1.82) is 0 Å². The minimum absolute atomic E-state index is 0.0571. The van der Waals surface area contributed by atoms with E-state index in [1.807, 2.05) is 0 Å². The van der Waals surface area contributed by atoms with E-state index in [-0.39, 0.29) is 11.4 Å². The number of ether oxygens (including phenoxy) is 1. The van der Waals surface area contributed by atoms with Crippen LogP contribution in [-0.4, -0.2) is 32.8 Å². The van der Waals surface area contributed by atoms with Crippen molar-refractivity contribution in [3.63, 3.8) is 0 Å². The third-order valence-electron chi connectivity index (χ3n) is 3.41. The van der Waals surface area contributed by atoms with E-state index in [1.54, 1.807) is 24.3 Å². The number of amides is 1. The van der Waals surface area contributed by atoms with E-state index in [4.69, 9.17) is 10.5 Å². The Bertz CT molecular complexity index is 804. The predicted octanol–water partition coefficient (Wildman–Crippen LogP) is 1.61. The second kappa shape index (κ2) is 6.80. The molecule has 0 saturated heterocycles. The number of rotatable bonds is 6. The summed E-state index contributed by atoms with van der Waals surface area (Å²) in [6.07, 6.45) is 0. The Morgan fingerprint density at radius 2 is 1.83 bits per heavy atom. The highest BCUT2D eigenvalue weighted by atomic mass is 32.2. The van der Waals surface area contributed by atoms with Crippen LogP contribution in [0.1, 0.15) is 15.9 Å². The monoisotopic (exact) mass is 334 g/mol. The molecule has 0 spiro atoms. The summed E-state index contributed by atoms with van der Waals surface area (Å²) in [6.45, 7) is 0.0571. The highest BCUT2D eigenvalue weighted by molar-refractivity contribution is 7.89. The topological polar surface area (TPSA) is 89.7 Å². The normalized spacial score (nSPS) is 11.4. The summed E-state index contributed by atoms with van der Waals surface area (Å²) in [7, 11) is -0.682. The highest BCUT2D eigenvalue weighted by Crippen LogP contribution is 2.24. The van der Waals surface area contributed by atoms with Gasteiger partial charge in [-0.05, 0) is 30.3 Å². The lowest BCUT2D eigenvalue weighted by atomic mass is 10.1. The van der Waals surface area contributed by atoms with E-state index in [9.17, 15) is 13.2 Å². The predicted molar refractivity (Wildman–Crippen MR) is 86.6 cm³/mol. The van der Waals surface area contributed by atoms with Gasteiger partial charge in [0.05, 0.1) is 12.0 Å². The molecule has 0 atom stereocenters. The highest BCUT2D eigenvalue weighted by Gasteiger charge is 2.22. The molecule has 7 heteroatoms. The number of methoxy groups -OCH3 is 1. The first-order valence-corrected chi connectivity index (χ1v) is 8.28. The van der Waals surface area contributed by atoms with Crippen molar-refractivity contribution >= 4 is 15.9 Å². The molecule has 1 amide bonds. The Labute approximate surface area is 135 Å². The molecule has 0 aromatic heterocycles. The first-order valence-electron chi connectivity index (χ1n) is 6.84. The van der Waals surface area contributed by atoms with Gasteiger partial charge in [0.25, 0.3) is 0 Å². The summed E-state index contributed by atoms with van der Waals surface area (Å²) in [4.78, 5) is 11.5. The van der Waals surface area contributed by atoms with E-state index in [1.165, 1.54) is 42.7 Å². The molecule has 0 bridgehead atoms. The van der Waals surface area contributed by atoms with Crippen LogP contribution in [0.5, 0.6) is 5.75 Å². The third-order valence-corrected chi connectivity index (χ3v) is 5.23. The van der Waals surface area contributed by atoms with Crippen molar-refractivity contribution in [3.8, 4) is 5.75 Å². The first kappa shape index (κ1) is 17.0. The van der Waals surface area contributed by atoms with Crippen molar-refractivity contribution in [3.05, 3.63) is 59.7 Å². The van der Waals surface area contributed by atoms with E-state index in [0.29, 0.717) is 16.9 Å². The van der Waals surface area contributed by atoms with Crippen LogP contribution in [0.15, 0.2) is 53.4 Å². The van der Waals surface area contributed by atoms with Crippen LogP contribution in [0, 0.1) is 0 Å². The van der Waals surface area contributed by atoms with Crippen LogP contribution >= 0.6 is 0 Å². The van der Waals surface area contributed by atoms with Crippen molar-refractivity contribution < 1.29 is 17.9 Å². The summed E-state index contributed by atoms with van der Waals surface area (Å²) in [5.74, 6) is -0.0902. The molecule has 0 heterocycles. The molecule has 2 rings (SSSR count). The van der Waals surface area contributed by atoms with Crippen LogP contribution < -0.4 is 10.5 Å². The average molecular weight is 334 g/mol. The molecule has 0 aliphatic heterocycles. The lowest BCUT2D eigenvalue weighted by molar-refractivity contribution is 0.1000. The number of carbonyl (C=O) groups excluding carboxylic acids is 1. The number of hydrogen-bond donors (Lipinski definition) is 1. The molecule has 0 unspecified atom stereocenters. The second-order valence-corrected chi connectivity index (χ2v) is 7.01. The summed E-state index contributed by atoms with van der Waals surface area (Å²) in [5.41, 5.74) is 6.13. The van der Waals surface area contributed by atoms with E-state index in [2.05, 4.69) is 0 Å². The molecule has 2 aromatic carbocycles. The summed E-state index contributed by atoms with van der Waals surface area (Å²) >= 11 is 0. The maximum atomic E-state index is 12.5. The van der Waals surface area contributed by atoms with Gasteiger partial charge in [0.2, 0.25) is 15.9 Å². The Balaban J connectivity index is 2.34. The molecule has 0 saturated carbocycles. The number of sulfonamides is 1. The maximum absolute atomic E-state index is 12.5. The zero-order valence-electron chi connectivity index (χ0n) is 12.9. The lowest BCUT2D eigenvalue weighted by Gasteiger charge is -2.19. The number of nitrogens with zero attached hydrogens (tertiary/aromatic N) is 1. The standard InChI is InChI=1S/C16H18N2O4S/c1-18(23(20,21)14-6-4-3-5-7-14)11-13-10-12(16(17)19)8-9-15(13)22-2/h3-10H,11H2,1-2H3,(H2,17,19). The van der Waals surface area contributed by atoms with Crippen LogP contribution in [0.3, 0.4) is 0 Å². The van der Waals surface area contributed by atoms with Crippen LogP contribution in [0.4, 0.5) is 0 Å². The number of primary amides is 1. The van der Waals surface area contributed by atoms with Gasteiger partial charge in [-0.3, -0.25) is 4.79 Å². The molecule has 2 aromatic rings. The lowest BCUT2D eigenvalue weighted by Crippen LogP contribution is -2.27. The van der Waals surface area contributed by atoms with Crippen molar-refractivity contribution in [2.24, 2.45) is 5.73 Å². The van der Waals surface area contributed by atoms with Gasteiger partial charge in [-0.15, -0.1) is 0 Å². The molecule has 122 valence electrons. The maximum Gasteiger partial charge on any atom is 0.248 e. The first-order chi connectivity index (χ1) is 10.9. The van der Waals surface area contributed by atoms with Crippen LogP contribution in [-0.2, 0) is 16.6 Å². The molecule has 23 heavy (non-hydrogen) atoms. The molecular weight excluding hydrogens is 316 g/mol. The Morgan fingerprint density at radius 3 is 2.39 bits per heavy atom. The van der Waals surface area contributed by atoms with Gasteiger partial charge in [0, 0.05) is 24.7 Å². The molecular formula is C16H18N2O4S. The van der Waals surface area contributed by atoms with E-state index in [0.717, 1.165) is 0 Å². The molecule has 0 radical (unpaired) electrons. The number of nitrogens with two attached hydrogens (primary N) is 1. The van der Waals surface area contributed by atoms with Gasteiger partial charge in [-0.25, -0.2) is 8.42 Å². The zero-order valence-corrected chi connectivity index (χ0v) is 13.7. The van der Waals surface area contributed by atoms with Gasteiger partial charge >= 0.3 is 0 Å². The molecule has 0 fully saturated rings. The summed E-state index contributed by atoms with van der Waals surface area (Å²) < 4.78 is 31.5. The van der Waals surface area contributed by atoms with Gasteiger partial charge < -0.3 is 10.5 Å². The number of carbonyl (C=O) groups is 1. The Hall–Kier alpha value is -2.38. The quantitative estimate of drug-likeness (QED) is 0.869. The number of hydrogen-bond acceptors (Lipinski definition) is 4. The van der Waals surface area contributed by atoms with Gasteiger partial charge in [-0.1, -0.05) is 18.2 Å². The fourth-order valence-electron chi connectivity index (χ4n) is 2.15. The molecule has 2 N–H and O–H groups in total. The van der Waals surface area contributed by atoms with Gasteiger partial charge in [-0.2, -0.15) is 4.31 Å². The molecule has 0 aliphatic carbocycles. The minimum atomic E-state index is -3.63. The third kappa shape index (κ3) is 3.69. The zero-order chi connectivity index (χ0) is 17.0. The van der Waals surface area contributed by atoms with Crippen LogP contribution in [0.25, 0.3) is 0 Å². The number of benzene rings is 2. The SMILES string of the molecule is COc1ccc(C(N)=O)cc1CN(C)S(=O)(=O)c1ccccc1. The Kier molecular flexibility index (Phi) is 5.02. The van der Waals surface area contributed by atoms with E-state index < -0.39 is 15.9 Å². The fraction of sp³-hybridized carbons (Fsp3) is 0.188. The Morgan fingerprint density at radius 1 is 1.17 bits per heavy atom. The summed E-state index contributed by atoms with van der Waals surface area (Å²) in [5, 5.41) is 0. The molecule has 0 aliphatic rings. The minimum Gasteiger partial charge on any atom is -0.496 e. The largest absolute Gasteiger partial charge is 0.496 e. The molecule has 6 nitrogen and oxygen atoms in total. The average Bonchev–Trinajstić information content (AvgIpc) is 2.55.